The summed E-state index contributed by atoms with van der Waals surface area (Å²) in [6.45, 7) is 5.10. The SMILES string of the molecule is COCC(C(C)C)N1CC(O)CC1=O. The highest BCUT2D eigenvalue weighted by Crippen LogP contribution is 2.19. The van der Waals surface area contributed by atoms with Crippen molar-refractivity contribution in [3.8, 4) is 0 Å². The van der Waals surface area contributed by atoms with Crippen LogP contribution in [-0.4, -0.2) is 48.3 Å². The molecule has 1 N–H and O–H groups in total. The van der Waals surface area contributed by atoms with Crippen molar-refractivity contribution in [3.63, 3.8) is 0 Å². The quantitative estimate of drug-likeness (QED) is 0.709. The van der Waals surface area contributed by atoms with Crippen molar-refractivity contribution in [2.24, 2.45) is 5.92 Å². The molecule has 1 aliphatic heterocycles. The third kappa shape index (κ3) is 2.45. The molecular formula is C10H19NO3. The second-order valence-corrected chi connectivity index (χ2v) is 4.17. The van der Waals surface area contributed by atoms with E-state index in [4.69, 9.17) is 4.74 Å². The van der Waals surface area contributed by atoms with Gasteiger partial charge >= 0.3 is 0 Å². The van der Waals surface area contributed by atoms with E-state index in [-0.39, 0.29) is 18.4 Å². The summed E-state index contributed by atoms with van der Waals surface area (Å²) in [6, 6.07) is 0.0876. The molecule has 82 valence electrons. The molecule has 4 heteroatoms. The fourth-order valence-corrected chi connectivity index (χ4v) is 1.85. The van der Waals surface area contributed by atoms with Gasteiger partial charge in [0.05, 0.1) is 25.2 Å². The summed E-state index contributed by atoms with van der Waals surface area (Å²) in [6.07, 6.45) is -0.243. The Morgan fingerprint density at radius 3 is 2.64 bits per heavy atom. The van der Waals surface area contributed by atoms with Gasteiger partial charge in [-0.25, -0.2) is 0 Å². The van der Waals surface area contributed by atoms with E-state index in [0.717, 1.165) is 0 Å². The Hall–Kier alpha value is -0.610. The molecule has 1 fully saturated rings. The van der Waals surface area contributed by atoms with Crippen LogP contribution < -0.4 is 0 Å². The van der Waals surface area contributed by atoms with E-state index in [1.54, 1.807) is 12.0 Å². The third-order valence-electron chi connectivity index (χ3n) is 2.65. The maximum atomic E-state index is 11.5. The van der Waals surface area contributed by atoms with Gasteiger partial charge in [0.2, 0.25) is 5.91 Å². The minimum Gasteiger partial charge on any atom is -0.391 e. The van der Waals surface area contributed by atoms with Crippen molar-refractivity contribution >= 4 is 5.91 Å². The number of rotatable bonds is 4. The topological polar surface area (TPSA) is 49.8 Å². The lowest BCUT2D eigenvalue weighted by atomic mass is 10.0. The molecule has 0 radical (unpaired) electrons. The number of methoxy groups -OCH3 is 1. The normalized spacial score (nSPS) is 24.8. The number of carbonyl (C=O) groups excluding carboxylic acids is 1. The number of hydrogen-bond donors (Lipinski definition) is 1. The summed E-state index contributed by atoms with van der Waals surface area (Å²) in [5.74, 6) is 0.387. The van der Waals surface area contributed by atoms with Crippen molar-refractivity contribution in [3.05, 3.63) is 0 Å². The monoisotopic (exact) mass is 201 g/mol. The molecule has 0 aliphatic carbocycles. The predicted molar refractivity (Wildman–Crippen MR) is 52.8 cm³/mol. The average Bonchev–Trinajstić information content (AvgIpc) is 2.40. The first-order valence-corrected chi connectivity index (χ1v) is 5.02. The number of hydrogen-bond acceptors (Lipinski definition) is 3. The van der Waals surface area contributed by atoms with Crippen LogP contribution in [0.2, 0.25) is 0 Å². The summed E-state index contributed by atoms with van der Waals surface area (Å²) in [5.41, 5.74) is 0. The van der Waals surface area contributed by atoms with Crippen LogP contribution >= 0.6 is 0 Å². The van der Waals surface area contributed by atoms with Crippen molar-refractivity contribution in [2.45, 2.75) is 32.4 Å². The highest BCUT2D eigenvalue weighted by Gasteiger charge is 2.34. The van der Waals surface area contributed by atoms with E-state index in [1.165, 1.54) is 0 Å². The Kier molecular flexibility index (Phi) is 3.89. The van der Waals surface area contributed by atoms with Gasteiger partial charge in [-0.3, -0.25) is 4.79 Å². The molecule has 1 amide bonds. The first kappa shape index (κ1) is 11.5. The van der Waals surface area contributed by atoms with E-state index >= 15 is 0 Å². The van der Waals surface area contributed by atoms with Crippen LogP contribution in [0.15, 0.2) is 0 Å². The highest BCUT2D eigenvalue weighted by molar-refractivity contribution is 5.79. The van der Waals surface area contributed by atoms with Crippen LogP contribution in [-0.2, 0) is 9.53 Å². The molecule has 2 unspecified atom stereocenters. The van der Waals surface area contributed by atoms with Crippen LogP contribution in [0.25, 0.3) is 0 Å². The highest BCUT2D eigenvalue weighted by atomic mass is 16.5. The fraction of sp³-hybridized carbons (Fsp3) is 0.900. The molecular weight excluding hydrogens is 182 g/mol. The van der Waals surface area contributed by atoms with E-state index in [9.17, 15) is 9.90 Å². The predicted octanol–water partition coefficient (Wildman–Crippen LogP) is 0.251. The Bertz CT molecular complexity index is 206. The number of aliphatic hydroxyl groups is 1. The van der Waals surface area contributed by atoms with Gasteiger partial charge in [-0.2, -0.15) is 0 Å². The molecule has 14 heavy (non-hydrogen) atoms. The first-order chi connectivity index (χ1) is 6.56. The minimum atomic E-state index is -0.499. The summed E-state index contributed by atoms with van der Waals surface area (Å²) in [5, 5.41) is 9.37. The zero-order valence-corrected chi connectivity index (χ0v) is 9.06. The second kappa shape index (κ2) is 4.75. The third-order valence-corrected chi connectivity index (χ3v) is 2.65. The van der Waals surface area contributed by atoms with Gasteiger partial charge in [0.15, 0.2) is 0 Å². The smallest absolute Gasteiger partial charge is 0.225 e. The molecule has 1 aliphatic rings. The number of carbonyl (C=O) groups is 1. The lowest BCUT2D eigenvalue weighted by molar-refractivity contribution is -0.131. The Morgan fingerprint density at radius 2 is 2.29 bits per heavy atom. The van der Waals surface area contributed by atoms with Crippen LogP contribution in [0.5, 0.6) is 0 Å². The number of aliphatic hydroxyl groups excluding tert-OH is 1. The number of nitrogens with zero attached hydrogens (tertiary/aromatic N) is 1. The maximum absolute atomic E-state index is 11.5. The molecule has 2 atom stereocenters. The van der Waals surface area contributed by atoms with Gasteiger partial charge in [-0.15, -0.1) is 0 Å². The van der Waals surface area contributed by atoms with Gasteiger partial charge in [0.25, 0.3) is 0 Å². The summed E-state index contributed by atoms with van der Waals surface area (Å²) < 4.78 is 5.09. The van der Waals surface area contributed by atoms with Crippen molar-refractivity contribution in [1.82, 2.24) is 4.90 Å². The largest absolute Gasteiger partial charge is 0.391 e. The molecule has 0 bridgehead atoms. The van der Waals surface area contributed by atoms with Gasteiger partial charge in [0.1, 0.15) is 0 Å². The maximum Gasteiger partial charge on any atom is 0.225 e. The molecule has 0 aromatic rings. The van der Waals surface area contributed by atoms with E-state index < -0.39 is 6.10 Å². The Balaban J connectivity index is 2.63. The fourth-order valence-electron chi connectivity index (χ4n) is 1.85. The molecule has 1 heterocycles. The minimum absolute atomic E-state index is 0.0354. The summed E-state index contributed by atoms with van der Waals surface area (Å²) in [7, 11) is 1.63. The van der Waals surface area contributed by atoms with E-state index in [2.05, 4.69) is 13.8 Å². The number of ether oxygens (including phenoxy) is 1. The zero-order valence-electron chi connectivity index (χ0n) is 9.06. The molecule has 4 nitrogen and oxygen atoms in total. The van der Waals surface area contributed by atoms with Gasteiger partial charge in [-0.05, 0) is 5.92 Å². The van der Waals surface area contributed by atoms with Gasteiger partial charge in [0, 0.05) is 13.7 Å². The van der Waals surface area contributed by atoms with Crippen molar-refractivity contribution in [1.29, 1.82) is 0 Å². The van der Waals surface area contributed by atoms with Crippen LogP contribution in [0.3, 0.4) is 0 Å². The Morgan fingerprint density at radius 1 is 1.64 bits per heavy atom. The lowest BCUT2D eigenvalue weighted by Gasteiger charge is -2.30. The summed E-state index contributed by atoms with van der Waals surface area (Å²) in [4.78, 5) is 13.3. The molecule has 0 aromatic heterocycles. The molecule has 1 rings (SSSR count). The first-order valence-electron chi connectivity index (χ1n) is 5.02. The van der Waals surface area contributed by atoms with Crippen LogP contribution in [0.1, 0.15) is 20.3 Å². The Labute approximate surface area is 84.8 Å². The molecule has 0 spiro atoms. The van der Waals surface area contributed by atoms with Crippen molar-refractivity contribution < 1.29 is 14.6 Å². The molecule has 0 aromatic carbocycles. The van der Waals surface area contributed by atoms with Crippen LogP contribution in [0.4, 0.5) is 0 Å². The zero-order chi connectivity index (χ0) is 10.7. The number of likely N-dealkylation sites (tertiary alicyclic amines) is 1. The van der Waals surface area contributed by atoms with Gasteiger partial charge < -0.3 is 14.7 Å². The molecule has 0 saturated carbocycles. The molecule has 1 saturated heterocycles. The lowest BCUT2D eigenvalue weighted by Crippen LogP contribution is -2.43. The van der Waals surface area contributed by atoms with E-state index in [1.807, 2.05) is 0 Å². The standard InChI is InChI=1S/C10H19NO3/c1-7(2)9(6-14-3)11-5-8(12)4-10(11)13/h7-9,12H,4-6H2,1-3H3. The van der Waals surface area contributed by atoms with E-state index in [0.29, 0.717) is 19.1 Å². The van der Waals surface area contributed by atoms with Crippen LogP contribution in [0, 0.1) is 5.92 Å². The second-order valence-electron chi connectivity index (χ2n) is 4.17. The number of β-amino-alcohol motifs (C(OH)–C–C–N with tert-alkyl or cyclic N) is 1. The van der Waals surface area contributed by atoms with Crippen molar-refractivity contribution in [2.75, 3.05) is 20.3 Å². The average molecular weight is 201 g/mol. The number of amides is 1. The summed E-state index contributed by atoms with van der Waals surface area (Å²) >= 11 is 0. The van der Waals surface area contributed by atoms with Gasteiger partial charge in [-0.1, -0.05) is 13.8 Å².